The van der Waals surface area contributed by atoms with Crippen molar-refractivity contribution in [2.24, 2.45) is 11.8 Å². The van der Waals surface area contributed by atoms with Crippen molar-refractivity contribution in [3.05, 3.63) is 24.2 Å². The van der Waals surface area contributed by atoms with Gasteiger partial charge in [0, 0.05) is 0 Å². The van der Waals surface area contributed by atoms with Gasteiger partial charge in [-0.3, -0.25) is 9.59 Å². The van der Waals surface area contributed by atoms with Gasteiger partial charge in [-0.05, 0) is 25.0 Å². The Morgan fingerprint density at radius 2 is 2.18 bits per heavy atom. The molecule has 5 heteroatoms. The van der Waals surface area contributed by atoms with Gasteiger partial charge >= 0.3 is 5.97 Å². The number of carboxylic acids is 1. The molecule has 0 saturated heterocycles. The Morgan fingerprint density at radius 1 is 1.41 bits per heavy atom. The second-order valence-electron chi connectivity index (χ2n) is 4.28. The molecule has 1 aromatic rings. The maximum atomic E-state index is 11.8. The highest BCUT2D eigenvalue weighted by molar-refractivity contribution is 5.85. The molecule has 0 aliphatic heterocycles. The first-order chi connectivity index (χ1) is 8.18. The second kappa shape index (κ2) is 5.03. The topological polar surface area (TPSA) is 79.5 Å². The van der Waals surface area contributed by atoms with E-state index in [4.69, 9.17) is 9.52 Å². The molecule has 2 atom stereocenters. The largest absolute Gasteiger partial charge is 0.481 e. The molecule has 0 aromatic carbocycles. The number of nitrogens with one attached hydrogen (secondary N) is 1. The zero-order valence-corrected chi connectivity index (χ0v) is 9.39. The van der Waals surface area contributed by atoms with Crippen LogP contribution in [0, 0.1) is 11.8 Å². The van der Waals surface area contributed by atoms with Gasteiger partial charge in [0.05, 0.1) is 24.6 Å². The third-order valence-electron chi connectivity index (χ3n) is 3.19. The third kappa shape index (κ3) is 2.67. The van der Waals surface area contributed by atoms with Gasteiger partial charge in [0.25, 0.3) is 0 Å². The number of hydrogen-bond acceptors (Lipinski definition) is 3. The zero-order valence-electron chi connectivity index (χ0n) is 9.39. The normalized spacial score (nSPS) is 23.5. The Bertz CT molecular complexity index is 399. The number of amides is 1. The molecule has 2 rings (SSSR count). The van der Waals surface area contributed by atoms with Crippen LogP contribution < -0.4 is 5.32 Å². The Balaban J connectivity index is 1.89. The number of furan rings is 1. The van der Waals surface area contributed by atoms with Crippen LogP contribution in [0.2, 0.25) is 0 Å². The SMILES string of the molecule is O=C(O)[C@H]1CCC[C@H]1C(=O)NCc1ccco1. The molecule has 17 heavy (non-hydrogen) atoms. The molecule has 1 aliphatic carbocycles. The van der Waals surface area contributed by atoms with Crippen LogP contribution in [0.4, 0.5) is 0 Å². The number of rotatable bonds is 4. The van der Waals surface area contributed by atoms with Crippen LogP contribution in [-0.2, 0) is 16.1 Å². The monoisotopic (exact) mass is 237 g/mol. The first kappa shape index (κ1) is 11.7. The van der Waals surface area contributed by atoms with Gasteiger partial charge in [-0.25, -0.2) is 0 Å². The molecule has 0 bridgehead atoms. The smallest absolute Gasteiger partial charge is 0.307 e. The lowest BCUT2D eigenvalue weighted by Gasteiger charge is -2.14. The molecule has 2 N–H and O–H groups in total. The van der Waals surface area contributed by atoms with Crippen LogP contribution in [0.1, 0.15) is 25.0 Å². The fourth-order valence-corrected chi connectivity index (χ4v) is 2.29. The molecule has 0 radical (unpaired) electrons. The Morgan fingerprint density at radius 3 is 2.82 bits per heavy atom. The number of carboxylic acid groups (broad SMARTS) is 1. The van der Waals surface area contributed by atoms with Gasteiger partial charge in [-0.1, -0.05) is 6.42 Å². The predicted octanol–water partition coefficient (Wildman–Crippen LogP) is 1.40. The standard InChI is InChI=1S/C12H15NO4/c14-11(13-7-8-3-2-6-17-8)9-4-1-5-10(9)12(15)16/h2-3,6,9-10H,1,4-5,7H2,(H,13,14)(H,15,16)/t9-,10+/m1/s1. The minimum Gasteiger partial charge on any atom is -0.481 e. The number of carbonyl (C=O) groups excluding carboxylic acids is 1. The summed E-state index contributed by atoms with van der Waals surface area (Å²) in [6.45, 7) is 0.314. The van der Waals surface area contributed by atoms with E-state index < -0.39 is 17.8 Å². The van der Waals surface area contributed by atoms with Gasteiger partial charge in [-0.15, -0.1) is 0 Å². The first-order valence-electron chi connectivity index (χ1n) is 5.71. The van der Waals surface area contributed by atoms with Crippen LogP contribution >= 0.6 is 0 Å². The van der Waals surface area contributed by atoms with E-state index in [-0.39, 0.29) is 5.91 Å². The summed E-state index contributed by atoms with van der Waals surface area (Å²) in [6.07, 6.45) is 3.59. The van der Waals surface area contributed by atoms with Crippen LogP contribution in [0.3, 0.4) is 0 Å². The Labute approximate surface area is 98.8 Å². The van der Waals surface area contributed by atoms with Crippen molar-refractivity contribution in [2.75, 3.05) is 0 Å². The lowest BCUT2D eigenvalue weighted by molar-refractivity contribution is -0.146. The summed E-state index contributed by atoms with van der Waals surface area (Å²) in [4.78, 5) is 22.8. The lowest BCUT2D eigenvalue weighted by Crippen LogP contribution is -2.34. The van der Waals surface area contributed by atoms with E-state index in [1.807, 2.05) is 0 Å². The third-order valence-corrected chi connectivity index (χ3v) is 3.19. The molecule has 1 saturated carbocycles. The second-order valence-corrected chi connectivity index (χ2v) is 4.28. The fourth-order valence-electron chi connectivity index (χ4n) is 2.29. The van der Waals surface area contributed by atoms with Crippen molar-refractivity contribution in [1.29, 1.82) is 0 Å². The van der Waals surface area contributed by atoms with Crippen molar-refractivity contribution in [3.8, 4) is 0 Å². The maximum Gasteiger partial charge on any atom is 0.307 e. The zero-order chi connectivity index (χ0) is 12.3. The molecule has 1 aliphatic rings. The van der Waals surface area contributed by atoms with Crippen molar-refractivity contribution in [1.82, 2.24) is 5.32 Å². The molecular formula is C12H15NO4. The van der Waals surface area contributed by atoms with E-state index in [0.717, 1.165) is 6.42 Å². The molecule has 5 nitrogen and oxygen atoms in total. The summed E-state index contributed by atoms with van der Waals surface area (Å²) in [5.41, 5.74) is 0. The van der Waals surface area contributed by atoms with Crippen molar-refractivity contribution in [3.63, 3.8) is 0 Å². The summed E-state index contributed by atoms with van der Waals surface area (Å²) in [6, 6.07) is 3.51. The molecule has 92 valence electrons. The molecule has 1 amide bonds. The molecule has 1 heterocycles. The fraction of sp³-hybridized carbons (Fsp3) is 0.500. The Hall–Kier alpha value is -1.78. The average molecular weight is 237 g/mol. The first-order valence-corrected chi connectivity index (χ1v) is 5.71. The van der Waals surface area contributed by atoms with Crippen LogP contribution in [0.25, 0.3) is 0 Å². The highest BCUT2D eigenvalue weighted by Crippen LogP contribution is 2.32. The number of hydrogen-bond donors (Lipinski definition) is 2. The summed E-state index contributed by atoms with van der Waals surface area (Å²) in [5.74, 6) is -1.33. The summed E-state index contributed by atoms with van der Waals surface area (Å²) in [7, 11) is 0. The summed E-state index contributed by atoms with van der Waals surface area (Å²) < 4.78 is 5.09. The molecule has 0 spiro atoms. The lowest BCUT2D eigenvalue weighted by atomic mass is 9.95. The molecular weight excluding hydrogens is 222 g/mol. The van der Waals surface area contributed by atoms with Crippen LogP contribution in [-0.4, -0.2) is 17.0 Å². The van der Waals surface area contributed by atoms with E-state index in [0.29, 0.717) is 25.1 Å². The highest BCUT2D eigenvalue weighted by atomic mass is 16.4. The van der Waals surface area contributed by atoms with Gasteiger partial charge in [-0.2, -0.15) is 0 Å². The van der Waals surface area contributed by atoms with E-state index in [1.165, 1.54) is 6.26 Å². The van der Waals surface area contributed by atoms with Crippen molar-refractivity contribution < 1.29 is 19.1 Å². The number of carbonyl (C=O) groups is 2. The van der Waals surface area contributed by atoms with Gasteiger partial charge in [0.2, 0.25) is 5.91 Å². The molecule has 0 unspecified atom stereocenters. The van der Waals surface area contributed by atoms with E-state index in [9.17, 15) is 9.59 Å². The van der Waals surface area contributed by atoms with E-state index in [2.05, 4.69) is 5.32 Å². The summed E-state index contributed by atoms with van der Waals surface area (Å²) in [5, 5.41) is 11.7. The van der Waals surface area contributed by atoms with Crippen molar-refractivity contribution in [2.45, 2.75) is 25.8 Å². The predicted molar refractivity (Wildman–Crippen MR) is 59.0 cm³/mol. The van der Waals surface area contributed by atoms with Crippen LogP contribution in [0.5, 0.6) is 0 Å². The molecule has 1 aromatic heterocycles. The summed E-state index contributed by atoms with van der Waals surface area (Å²) >= 11 is 0. The average Bonchev–Trinajstić information content (AvgIpc) is 2.96. The van der Waals surface area contributed by atoms with Gasteiger partial charge in [0.1, 0.15) is 5.76 Å². The Kier molecular flexibility index (Phi) is 3.46. The van der Waals surface area contributed by atoms with Crippen LogP contribution in [0.15, 0.2) is 22.8 Å². The maximum absolute atomic E-state index is 11.8. The van der Waals surface area contributed by atoms with Gasteiger partial charge in [0.15, 0.2) is 0 Å². The highest BCUT2D eigenvalue weighted by Gasteiger charge is 2.37. The van der Waals surface area contributed by atoms with Gasteiger partial charge < -0.3 is 14.8 Å². The minimum atomic E-state index is -0.874. The quantitative estimate of drug-likeness (QED) is 0.829. The number of aliphatic carboxylic acids is 1. The minimum absolute atomic E-state index is 0.189. The van der Waals surface area contributed by atoms with Crippen molar-refractivity contribution >= 4 is 11.9 Å². The van der Waals surface area contributed by atoms with E-state index in [1.54, 1.807) is 12.1 Å². The van der Waals surface area contributed by atoms with E-state index >= 15 is 0 Å². The molecule has 1 fully saturated rings.